The van der Waals surface area contributed by atoms with Crippen LogP contribution in [-0.2, 0) is 6.54 Å². The van der Waals surface area contributed by atoms with Crippen molar-refractivity contribution in [2.24, 2.45) is 0 Å². The predicted octanol–water partition coefficient (Wildman–Crippen LogP) is 6.19. The van der Waals surface area contributed by atoms with E-state index in [1.165, 1.54) is 12.1 Å². The molecule has 1 aliphatic rings. The van der Waals surface area contributed by atoms with Gasteiger partial charge in [0.1, 0.15) is 5.82 Å². The molecule has 1 aliphatic heterocycles. The molecule has 1 atom stereocenters. The normalized spacial score (nSPS) is 15.9. The maximum atomic E-state index is 14.1. The molecular formula is C28H25FN4O2. The monoisotopic (exact) mass is 468 g/mol. The number of urea groups is 1. The maximum absolute atomic E-state index is 14.1. The molecule has 0 aliphatic carbocycles. The van der Waals surface area contributed by atoms with Gasteiger partial charge in [0.2, 0.25) is 5.82 Å². The van der Waals surface area contributed by atoms with Crippen molar-refractivity contribution >= 4 is 11.6 Å². The summed E-state index contributed by atoms with van der Waals surface area (Å²) in [4.78, 5) is 19.5. The zero-order chi connectivity index (χ0) is 24.5. The van der Waals surface area contributed by atoms with Gasteiger partial charge in [-0.25, -0.2) is 9.18 Å². The van der Waals surface area contributed by atoms with Crippen molar-refractivity contribution in [3.05, 3.63) is 112 Å². The average molecular weight is 469 g/mol. The molecular weight excluding hydrogens is 443 g/mol. The van der Waals surface area contributed by atoms with Crippen LogP contribution >= 0.6 is 0 Å². The number of hydrogen-bond donors (Lipinski definition) is 1. The van der Waals surface area contributed by atoms with Crippen molar-refractivity contribution in [1.82, 2.24) is 20.4 Å². The van der Waals surface area contributed by atoms with E-state index in [0.717, 1.165) is 22.3 Å². The second kappa shape index (κ2) is 9.18. The molecule has 0 spiro atoms. The molecule has 1 N–H and O–H groups in total. The van der Waals surface area contributed by atoms with E-state index in [-0.39, 0.29) is 17.7 Å². The summed E-state index contributed by atoms with van der Waals surface area (Å²) in [7, 11) is 0. The fraction of sp³-hybridized carbons (Fsp3) is 0.179. The van der Waals surface area contributed by atoms with Crippen molar-refractivity contribution < 1.29 is 13.7 Å². The van der Waals surface area contributed by atoms with E-state index in [1.54, 1.807) is 17.0 Å². The molecule has 0 radical (unpaired) electrons. The SMILES string of the molecule is CC1=C(c2nc(-c3ccc(C)cc3)no2)C(c2cccc(F)c2)NC(=O)N1Cc1cccc(C)c1. The van der Waals surface area contributed by atoms with E-state index in [1.807, 2.05) is 69.3 Å². The van der Waals surface area contributed by atoms with Crippen LogP contribution in [-0.4, -0.2) is 21.1 Å². The molecule has 2 amide bonds. The Bertz CT molecular complexity index is 1420. The lowest BCUT2D eigenvalue weighted by Gasteiger charge is -2.35. The molecule has 0 fully saturated rings. The highest BCUT2D eigenvalue weighted by molar-refractivity contribution is 5.86. The zero-order valence-corrected chi connectivity index (χ0v) is 19.7. The highest BCUT2D eigenvalue weighted by atomic mass is 19.1. The molecule has 0 bridgehead atoms. The third-order valence-corrected chi connectivity index (χ3v) is 6.17. The highest BCUT2D eigenvalue weighted by Gasteiger charge is 2.36. The van der Waals surface area contributed by atoms with Crippen LogP contribution in [0.1, 0.15) is 41.1 Å². The number of hydrogen-bond acceptors (Lipinski definition) is 4. The lowest BCUT2D eigenvalue weighted by molar-refractivity contribution is 0.203. The van der Waals surface area contributed by atoms with Gasteiger partial charge in [0.05, 0.1) is 18.2 Å². The number of carbonyl (C=O) groups excluding carboxylic acids is 1. The summed E-state index contributed by atoms with van der Waals surface area (Å²) in [5, 5.41) is 7.20. The number of nitrogens with one attached hydrogen (secondary N) is 1. The average Bonchev–Trinajstić information content (AvgIpc) is 3.31. The van der Waals surface area contributed by atoms with Gasteiger partial charge in [-0.1, -0.05) is 76.9 Å². The second-order valence-electron chi connectivity index (χ2n) is 8.80. The number of allylic oxidation sites excluding steroid dienone is 1. The van der Waals surface area contributed by atoms with Gasteiger partial charge in [-0.3, -0.25) is 4.90 Å². The number of benzene rings is 3. The van der Waals surface area contributed by atoms with Crippen LogP contribution in [0.25, 0.3) is 17.0 Å². The van der Waals surface area contributed by atoms with Gasteiger partial charge in [-0.2, -0.15) is 4.98 Å². The first kappa shape index (κ1) is 22.5. The number of aryl methyl sites for hydroxylation is 2. The molecule has 1 aromatic heterocycles. The Morgan fingerprint density at radius 2 is 1.74 bits per heavy atom. The van der Waals surface area contributed by atoms with Gasteiger partial charge < -0.3 is 9.84 Å². The molecule has 5 rings (SSSR count). The smallest absolute Gasteiger partial charge is 0.322 e. The van der Waals surface area contributed by atoms with Gasteiger partial charge >= 0.3 is 6.03 Å². The Morgan fingerprint density at radius 3 is 2.49 bits per heavy atom. The first-order valence-corrected chi connectivity index (χ1v) is 11.4. The van der Waals surface area contributed by atoms with E-state index in [4.69, 9.17) is 4.52 Å². The summed E-state index contributed by atoms with van der Waals surface area (Å²) in [6.45, 7) is 6.25. The van der Waals surface area contributed by atoms with Crippen molar-refractivity contribution in [2.45, 2.75) is 33.4 Å². The third kappa shape index (κ3) is 4.57. The first-order valence-electron chi connectivity index (χ1n) is 11.4. The standard InChI is InChI=1S/C28H25FN4O2/c1-17-10-12-21(13-11-17)26-31-27(35-32-26)24-19(3)33(16-20-7-4-6-18(2)14-20)28(34)30-25(24)22-8-5-9-23(29)15-22/h4-15,25H,16H2,1-3H3,(H,30,34). The maximum Gasteiger partial charge on any atom is 0.322 e. The minimum Gasteiger partial charge on any atom is -0.334 e. The lowest BCUT2D eigenvalue weighted by atomic mass is 9.94. The molecule has 35 heavy (non-hydrogen) atoms. The summed E-state index contributed by atoms with van der Waals surface area (Å²) in [6.07, 6.45) is 0. The summed E-state index contributed by atoms with van der Waals surface area (Å²) in [5.41, 5.74) is 5.95. The van der Waals surface area contributed by atoms with E-state index >= 15 is 0 Å². The number of carbonyl (C=O) groups is 1. The molecule has 2 heterocycles. The number of aromatic nitrogens is 2. The number of amides is 2. The fourth-order valence-electron chi connectivity index (χ4n) is 4.33. The van der Waals surface area contributed by atoms with Crippen LogP contribution < -0.4 is 5.32 Å². The summed E-state index contributed by atoms with van der Waals surface area (Å²) >= 11 is 0. The van der Waals surface area contributed by atoms with E-state index in [0.29, 0.717) is 29.2 Å². The minimum atomic E-state index is -0.640. The Kier molecular flexibility index (Phi) is 5.91. The van der Waals surface area contributed by atoms with Crippen molar-refractivity contribution in [2.75, 3.05) is 0 Å². The van der Waals surface area contributed by atoms with Gasteiger partial charge in [-0.05, 0) is 44.0 Å². The van der Waals surface area contributed by atoms with Crippen LogP contribution in [0.3, 0.4) is 0 Å². The van der Waals surface area contributed by atoms with Gasteiger partial charge in [-0.15, -0.1) is 0 Å². The van der Waals surface area contributed by atoms with Crippen LogP contribution in [0, 0.1) is 19.7 Å². The summed E-state index contributed by atoms with van der Waals surface area (Å²) < 4.78 is 19.8. The first-order chi connectivity index (χ1) is 16.9. The topological polar surface area (TPSA) is 71.3 Å². The van der Waals surface area contributed by atoms with E-state index < -0.39 is 6.04 Å². The van der Waals surface area contributed by atoms with E-state index in [2.05, 4.69) is 15.5 Å². The Balaban J connectivity index is 1.60. The van der Waals surface area contributed by atoms with Gasteiger partial charge in [0.25, 0.3) is 5.89 Å². The van der Waals surface area contributed by atoms with Crippen LogP contribution in [0.15, 0.2) is 83.0 Å². The third-order valence-electron chi connectivity index (χ3n) is 6.17. The van der Waals surface area contributed by atoms with Crippen molar-refractivity contribution in [1.29, 1.82) is 0 Å². The lowest BCUT2D eigenvalue weighted by Crippen LogP contribution is -2.45. The second-order valence-corrected chi connectivity index (χ2v) is 8.80. The molecule has 7 heteroatoms. The van der Waals surface area contributed by atoms with Crippen LogP contribution in [0.5, 0.6) is 0 Å². The quantitative estimate of drug-likeness (QED) is 0.379. The van der Waals surface area contributed by atoms with E-state index in [9.17, 15) is 9.18 Å². The predicted molar refractivity (Wildman–Crippen MR) is 131 cm³/mol. The number of nitrogens with zero attached hydrogens (tertiary/aromatic N) is 3. The molecule has 0 saturated carbocycles. The van der Waals surface area contributed by atoms with Gasteiger partial charge in [0, 0.05) is 11.3 Å². The Hall–Kier alpha value is -4.26. The highest BCUT2D eigenvalue weighted by Crippen LogP contribution is 2.38. The number of rotatable bonds is 5. The molecule has 1 unspecified atom stereocenters. The summed E-state index contributed by atoms with van der Waals surface area (Å²) in [6, 6.07) is 21.1. The molecule has 6 nitrogen and oxygen atoms in total. The molecule has 0 saturated heterocycles. The van der Waals surface area contributed by atoms with Gasteiger partial charge in [0.15, 0.2) is 0 Å². The number of halogens is 1. The van der Waals surface area contributed by atoms with Crippen LogP contribution in [0.4, 0.5) is 9.18 Å². The summed E-state index contributed by atoms with van der Waals surface area (Å²) in [5.74, 6) is 0.337. The van der Waals surface area contributed by atoms with Crippen molar-refractivity contribution in [3.63, 3.8) is 0 Å². The largest absolute Gasteiger partial charge is 0.334 e. The molecule has 176 valence electrons. The van der Waals surface area contributed by atoms with Crippen LogP contribution in [0.2, 0.25) is 0 Å². The Labute approximate surface area is 203 Å². The fourth-order valence-corrected chi connectivity index (χ4v) is 4.33. The minimum absolute atomic E-state index is 0.278. The zero-order valence-electron chi connectivity index (χ0n) is 19.7. The van der Waals surface area contributed by atoms with Crippen molar-refractivity contribution in [3.8, 4) is 11.4 Å². The Morgan fingerprint density at radius 1 is 0.971 bits per heavy atom. The molecule has 4 aromatic rings. The molecule has 3 aromatic carbocycles.